The topological polar surface area (TPSA) is 21.3 Å². The van der Waals surface area contributed by atoms with Crippen LogP contribution in [-0.4, -0.2) is 19.7 Å². The number of hydrogen-bond donors (Lipinski definition) is 1. The number of halogens is 2. The van der Waals surface area contributed by atoms with Gasteiger partial charge in [-0.2, -0.15) is 0 Å². The predicted molar refractivity (Wildman–Crippen MR) is 76.7 cm³/mol. The number of rotatable bonds is 5. The van der Waals surface area contributed by atoms with Crippen LogP contribution in [-0.2, 0) is 0 Å². The lowest BCUT2D eigenvalue weighted by Gasteiger charge is -2.16. The molecule has 1 heterocycles. The molecular weight excluding hydrogens is 269 g/mol. The summed E-state index contributed by atoms with van der Waals surface area (Å²) in [5, 5.41) is 4.50. The van der Waals surface area contributed by atoms with Crippen molar-refractivity contribution >= 4 is 23.2 Å². The standard InChI is InChI=1S/C14H19Cl2NO/c1-10(6-11-4-5-17-8-11)9-18-12-2-3-13(15)14(16)7-12/h2-3,7,10-11,17H,4-6,8-9H2,1H3. The monoisotopic (exact) mass is 287 g/mol. The lowest BCUT2D eigenvalue weighted by atomic mass is 9.96. The van der Waals surface area contributed by atoms with Crippen LogP contribution in [0.2, 0.25) is 10.0 Å². The van der Waals surface area contributed by atoms with Crippen LogP contribution in [0.25, 0.3) is 0 Å². The third-order valence-corrected chi connectivity index (χ3v) is 4.06. The predicted octanol–water partition coefficient (Wildman–Crippen LogP) is 4.01. The van der Waals surface area contributed by atoms with Gasteiger partial charge in [0.1, 0.15) is 5.75 Å². The van der Waals surface area contributed by atoms with Gasteiger partial charge in [0.2, 0.25) is 0 Å². The summed E-state index contributed by atoms with van der Waals surface area (Å²) in [5.74, 6) is 2.16. The highest BCUT2D eigenvalue weighted by atomic mass is 35.5. The van der Waals surface area contributed by atoms with E-state index in [9.17, 15) is 0 Å². The normalized spacial score (nSPS) is 20.9. The Kier molecular flexibility index (Phi) is 5.16. The lowest BCUT2D eigenvalue weighted by molar-refractivity contribution is 0.235. The van der Waals surface area contributed by atoms with Crippen molar-refractivity contribution in [1.82, 2.24) is 5.32 Å². The first-order chi connectivity index (χ1) is 8.65. The van der Waals surface area contributed by atoms with Gasteiger partial charge < -0.3 is 10.1 Å². The maximum Gasteiger partial charge on any atom is 0.120 e. The van der Waals surface area contributed by atoms with Crippen LogP contribution in [0.1, 0.15) is 19.8 Å². The van der Waals surface area contributed by atoms with E-state index in [0.717, 1.165) is 31.4 Å². The van der Waals surface area contributed by atoms with Crippen molar-refractivity contribution in [2.45, 2.75) is 19.8 Å². The molecule has 18 heavy (non-hydrogen) atoms. The minimum atomic E-state index is 0.543. The smallest absolute Gasteiger partial charge is 0.120 e. The molecule has 1 fully saturated rings. The maximum absolute atomic E-state index is 5.95. The van der Waals surface area contributed by atoms with Crippen molar-refractivity contribution in [3.8, 4) is 5.75 Å². The summed E-state index contributed by atoms with van der Waals surface area (Å²) in [6.07, 6.45) is 2.51. The van der Waals surface area contributed by atoms with E-state index in [1.165, 1.54) is 12.8 Å². The molecule has 0 radical (unpaired) electrons. The van der Waals surface area contributed by atoms with Crippen LogP contribution in [0.3, 0.4) is 0 Å². The molecule has 1 aromatic rings. The van der Waals surface area contributed by atoms with Crippen molar-refractivity contribution < 1.29 is 4.74 Å². The van der Waals surface area contributed by atoms with Crippen molar-refractivity contribution in [2.75, 3.05) is 19.7 Å². The highest BCUT2D eigenvalue weighted by Gasteiger charge is 2.17. The van der Waals surface area contributed by atoms with Gasteiger partial charge in [0.05, 0.1) is 16.7 Å². The Morgan fingerprint density at radius 2 is 2.22 bits per heavy atom. The summed E-state index contributed by atoms with van der Waals surface area (Å²) in [5.41, 5.74) is 0. The van der Waals surface area contributed by atoms with E-state index in [0.29, 0.717) is 16.0 Å². The molecule has 1 saturated heterocycles. The zero-order valence-corrected chi connectivity index (χ0v) is 12.1. The number of benzene rings is 1. The van der Waals surface area contributed by atoms with Crippen LogP contribution in [0.4, 0.5) is 0 Å². The largest absolute Gasteiger partial charge is 0.493 e. The molecule has 0 saturated carbocycles. The van der Waals surface area contributed by atoms with Crippen LogP contribution in [0.5, 0.6) is 5.75 Å². The van der Waals surface area contributed by atoms with E-state index in [2.05, 4.69) is 12.2 Å². The Morgan fingerprint density at radius 1 is 1.39 bits per heavy atom. The highest BCUT2D eigenvalue weighted by Crippen LogP contribution is 2.27. The lowest BCUT2D eigenvalue weighted by Crippen LogP contribution is -2.15. The van der Waals surface area contributed by atoms with Crippen LogP contribution < -0.4 is 10.1 Å². The SMILES string of the molecule is CC(COc1ccc(Cl)c(Cl)c1)CC1CCNC1. The molecule has 0 aliphatic carbocycles. The molecule has 0 spiro atoms. The van der Waals surface area contributed by atoms with E-state index in [4.69, 9.17) is 27.9 Å². The average molecular weight is 288 g/mol. The van der Waals surface area contributed by atoms with Gasteiger partial charge in [-0.25, -0.2) is 0 Å². The molecule has 2 unspecified atom stereocenters. The van der Waals surface area contributed by atoms with E-state index in [-0.39, 0.29) is 0 Å². The van der Waals surface area contributed by atoms with E-state index >= 15 is 0 Å². The van der Waals surface area contributed by atoms with Gasteiger partial charge in [-0.1, -0.05) is 30.1 Å². The van der Waals surface area contributed by atoms with Gasteiger partial charge >= 0.3 is 0 Å². The molecule has 4 heteroatoms. The maximum atomic E-state index is 5.95. The summed E-state index contributed by atoms with van der Waals surface area (Å²) >= 11 is 11.8. The van der Waals surface area contributed by atoms with Crippen molar-refractivity contribution in [1.29, 1.82) is 0 Å². The number of hydrogen-bond acceptors (Lipinski definition) is 2. The first kappa shape index (κ1) is 14.0. The number of ether oxygens (including phenoxy) is 1. The Bertz CT molecular complexity index is 391. The molecule has 1 aliphatic heterocycles. The zero-order chi connectivity index (χ0) is 13.0. The van der Waals surface area contributed by atoms with Crippen molar-refractivity contribution in [3.63, 3.8) is 0 Å². The fraction of sp³-hybridized carbons (Fsp3) is 0.571. The minimum Gasteiger partial charge on any atom is -0.493 e. The summed E-state index contributed by atoms with van der Waals surface area (Å²) in [6, 6.07) is 5.40. The second-order valence-electron chi connectivity index (χ2n) is 5.09. The molecule has 1 N–H and O–H groups in total. The quantitative estimate of drug-likeness (QED) is 0.884. The molecule has 0 aromatic heterocycles. The van der Waals surface area contributed by atoms with E-state index < -0.39 is 0 Å². The minimum absolute atomic E-state index is 0.543. The summed E-state index contributed by atoms with van der Waals surface area (Å²) < 4.78 is 5.75. The summed E-state index contributed by atoms with van der Waals surface area (Å²) in [7, 11) is 0. The van der Waals surface area contributed by atoms with E-state index in [1.54, 1.807) is 12.1 Å². The van der Waals surface area contributed by atoms with Crippen LogP contribution in [0.15, 0.2) is 18.2 Å². The molecule has 2 nitrogen and oxygen atoms in total. The molecule has 0 amide bonds. The Balaban J connectivity index is 1.77. The third kappa shape index (κ3) is 4.04. The molecule has 1 aromatic carbocycles. The summed E-state index contributed by atoms with van der Waals surface area (Å²) in [4.78, 5) is 0. The molecule has 2 rings (SSSR count). The van der Waals surface area contributed by atoms with Gasteiger partial charge in [-0.15, -0.1) is 0 Å². The number of nitrogens with one attached hydrogen (secondary N) is 1. The van der Waals surface area contributed by atoms with Crippen LogP contribution in [0, 0.1) is 11.8 Å². The fourth-order valence-electron chi connectivity index (χ4n) is 2.36. The Morgan fingerprint density at radius 3 is 2.89 bits per heavy atom. The van der Waals surface area contributed by atoms with Crippen LogP contribution >= 0.6 is 23.2 Å². The zero-order valence-electron chi connectivity index (χ0n) is 10.6. The Labute approximate surface area is 119 Å². The molecular formula is C14H19Cl2NO. The summed E-state index contributed by atoms with van der Waals surface area (Å²) in [6.45, 7) is 5.27. The van der Waals surface area contributed by atoms with Gasteiger partial charge in [-0.3, -0.25) is 0 Å². The van der Waals surface area contributed by atoms with Gasteiger partial charge in [0.15, 0.2) is 0 Å². The third-order valence-electron chi connectivity index (χ3n) is 3.32. The van der Waals surface area contributed by atoms with Crippen molar-refractivity contribution in [2.24, 2.45) is 11.8 Å². The molecule has 2 atom stereocenters. The average Bonchev–Trinajstić information content (AvgIpc) is 2.83. The van der Waals surface area contributed by atoms with Gasteiger partial charge in [-0.05, 0) is 49.9 Å². The first-order valence-corrected chi connectivity index (χ1v) is 7.19. The first-order valence-electron chi connectivity index (χ1n) is 6.43. The Hall–Kier alpha value is -0.440. The second-order valence-corrected chi connectivity index (χ2v) is 5.90. The second kappa shape index (κ2) is 6.65. The molecule has 0 bridgehead atoms. The van der Waals surface area contributed by atoms with Gasteiger partial charge in [0, 0.05) is 6.07 Å². The highest BCUT2D eigenvalue weighted by molar-refractivity contribution is 6.42. The van der Waals surface area contributed by atoms with Gasteiger partial charge in [0.25, 0.3) is 0 Å². The van der Waals surface area contributed by atoms with E-state index in [1.807, 2.05) is 6.07 Å². The van der Waals surface area contributed by atoms with Crippen molar-refractivity contribution in [3.05, 3.63) is 28.2 Å². The molecule has 100 valence electrons. The molecule has 1 aliphatic rings. The fourth-order valence-corrected chi connectivity index (χ4v) is 2.65.